The lowest BCUT2D eigenvalue weighted by atomic mass is 10.2. The number of benzene rings is 1. The minimum Gasteiger partial charge on any atom is -0.347 e. The predicted molar refractivity (Wildman–Crippen MR) is 110 cm³/mol. The molecule has 0 saturated heterocycles. The van der Waals surface area contributed by atoms with Gasteiger partial charge < -0.3 is 15.1 Å². The van der Waals surface area contributed by atoms with Crippen molar-refractivity contribution in [1.82, 2.24) is 15.1 Å². The maximum absolute atomic E-state index is 12.6. The van der Waals surface area contributed by atoms with Crippen LogP contribution in [-0.2, 0) is 17.8 Å². The first-order chi connectivity index (χ1) is 12.6. The average molecular weight is 373 g/mol. The van der Waals surface area contributed by atoms with E-state index in [0.29, 0.717) is 13.1 Å². The Morgan fingerprint density at radius 2 is 1.96 bits per heavy atom. The third-order valence-corrected chi connectivity index (χ3v) is 5.13. The summed E-state index contributed by atoms with van der Waals surface area (Å²) < 4.78 is 0. The summed E-state index contributed by atoms with van der Waals surface area (Å²) in [6.45, 7) is 4.42. The van der Waals surface area contributed by atoms with Crippen LogP contribution in [0.25, 0.3) is 0 Å². The van der Waals surface area contributed by atoms with Gasteiger partial charge in [0.1, 0.15) is 0 Å². The van der Waals surface area contributed by atoms with Crippen molar-refractivity contribution >= 4 is 23.2 Å². The van der Waals surface area contributed by atoms with E-state index in [2.05, 4.69) is 32.7 Å². The van der Waals surface area contributed by atoms with Gasteiger partial charge in [0.15, 0.2) is 5.96 Å². The molecule has 0 spiro atoms. The zero-order chi connectivity index (χ0) is 18.8. The molecule has 140 valence electrons. The van der Waals surface area contributed by atoms with Crippen LogP contribution in [0.4, 0.5) is 0 Å². The van der Waals surface area contributed by atoms with Crippen molar-refractivity contribution in [3.05, 3.63) is 58.3 Å². The van der Waals surface area contributed by atoms with Crippen molar-refractivity contribution in [2.24, 2.45) is 4.99 Å². The molecule has 0 saturated carbocycles. The van der Waals surface area contributed by atoms with Gasteiger partial charge >= 0.3 is 0 Å². The van der Waals surface area contributed by atoms with Crippen LogP contribution in [0.1, 0.15) is 17.4 Å². The molecule has 1 aromatic heterocycles. The lowest BCUT2D eigenvalue weighted by Gasteiger charge is -2.24. The van der Waals surface area contributed by atoms with Gasteiger partial charge in [-0.25, -0.2) is 0 Å². The third kappa shape index (κ3) is 6.19. The Morgan fingerprint density at radius 1 is 1.19 bits per heavy atom. The highest BCUT2D eigenvalue weighted by atomic mass is 32.1. The number of nitrogens with zero attached hydrogens (tertiary/aromatic N) is 3. The summed E-state index contributed by atoms with van der Waals surface area (Å²) in [6, 6.07) is 14.3. The van der Waals surface area contributed by atoms with E-state index in [4.69, 9.17) is 0 Å². The van der Waals surface area contributed by atoms with Crippen LogP contribution in [0.15, 0.2) is 52.8 Å². The number of thiophene rings is 1. The second-order valence-corrected chi connectivity index (χ2v) is 7.08. The number of nitrogens with one attached hydrogen (secondary N) is 1. The molecule has 5 nitrogen and oxygen atoms in total. The summed E-state index contributed by atoms with van der Waals surface area (Å²) in [4.78, 5) is 22.1. The molecule has 1 N–H and O–H groups in total. The molecular formula is C20H28N4OS. The quantitative estimate of drug-likeness (QED) is 0.573. The molecule has 0 unspecified atom stereocenters. The SMILES string of the molecule is CCN(Cc1ccccc1)C(=O)CNC(=NC)N(C)CCc1cccs1. The van der Waals surface area contributed by atoms with Gasteiger partial charge in [0.2, 0.25) is 5.91 Å². The topological polar surface area (TPSA) is 47.9 Å². The zero-order valence-electron chi connectivity index (χ0n) is 15.8. The third-order valence-electron chi connectivity index (χ3n) is 4.20. The fourth-order valence-electron chi connectivity index (χ4n) is 2.67. The number of aliphatic imine (C=N–C) groups is 1. The van der Waals surface area contributed by atoms with Crippen molar-refractivity contribution in [3.8, 4) is 0 Å². The molecule has 0 atom stereocenters. The van der Waals surface area contributed by atoms with Crippen molar-refractivity contribution in [1.29, 1.82) is 0 Å². The normalized spacial score (nSPS) is 11.3. The Bertz CT molecular complexity index is 685. The zero-order valence-corrected chi connectivity index (χ0v) is 16.6. The molecular weight excluding hydrogens is 344 g/mol. The van der Waals surface area contributed by atoms with Gasteiger partial charge in [0.25, 0.3) is 0 Å². The van der Waals surface area contributed by atoms with E-state index in [1.807, 2.05) is 49.2 Å². The monoisotopic (exact) mass is 372 g/mol. The number of rotatable bonds is 8. The van der Waals surface area contributed by atoms with E-state index in [1.54, 1.807) is 18.4 Å². The molecule has 26 heavy (non-hydrogen) atoms. The van der Waals surface area contributed by atoms with Crippen molar-refractivity contribution < 1.29 is 4.79 Å². The molecule has 0 aliphatic carbocycles. The number of carbonyl (C=O) groups is 1. The number of guanidine groups is 1. The predicted octanol–water partition coefficient (Wildman–Crippen LogP) is 2.85. The van der Waals surface area contributed by atoms with Gasteiger partial charge in [-0.05, 0) is 30.4 Å². The summed E-state index contributed by atoms with van der Waals surface area (Å²) in [5, 5.41) is 5.28. The average Bonchev–Trinajstić information content (AvgIpc) is 3.19. The van der Waals surface area contributed by atoms with Crippen LogP contribution in [-0.4, -0.2) is 55.4 Å². The van der Waals surface area contributed by atoms with Gasteiger partial charge in [-0.2, -0.15) is 0 Å². The summed E-state index contributed by atoms with van der Waals surface area (Å²) in [5.41, 5.74) is 1.14. The minimum absolute atomic E-state index is 0.0733. The largest absolute Gasteiger partial charge is 0.347 e. The fourth-order valence-corrected chi connectivity index (χ4v) is 3.37. The Balaban J connectivity index is 1.82. The second kappa shape index (κ2) is 10.6. The second-order valence-electron chi connectivity index (χ2n) is 6.05. The fraction of sp³-hybridized carbons (Fsp3) is 0.400. The molecule has 0 aliphatic heterocycles. The molecule has 2 rings (SSSR count). The van der Waals surface area contributed by atoms with E-state index in [1.165, 1.54) is 4.88 Å². The smallest absolute Gasteiger partial charge is 0.242 e. The Hall–Kier alpha value is -2.34. The molecule has 0 radical (unpaired) electrons. The van der Waals surface area contributed by atoms with Crippen molar-refractivity contribution in [2.45, 2.75) is 19.9 Å². The summed E-state index contributed by atoms with van der Waals surface area (Å²) in [7, 11) is 3.74. The van der Waals surface area contributed by atoms with E-state index < -0.39 is 0 Å². The summed E-state index contributed by atoms with van der Waals surface area (Å²) in [6.07, 6.45) is 0.970. The van der Waals surface area contributed by atoms with Crippen LogP contribution in [0.2, 0.25) is 0 Å². The number of hydrogen-bond donors (Lipinski definition) is 1. The van der Waals surface area contributed by atoms with Gasteiger partial charge in [-0.1, -0.05) is 36.4 Å². The molecule has 6 heteroatoms. The molecule has 0 aliphatic rings. The molecule has 1 aromatic carbocycles. The molecule has 0 fully saturated rings. The standard InChI is InChI=1S/C20H28N4OS/c1-4-24(16-17-9-6-5-7-10-17)19(25)15-22-20(21-2)23(3)13-12-18-11-8-14-26-18/h5-11,14H,4,12-13,15-16H2,1-3H3,(H,21,22). The van der Waals surface area contributed by atoms with Crippen molar-refractivity contribution in [2.75, 3.05) is 33.7 Å². The lowest BCUT2D eigenvalue weighted by molar-refractivity contribution is -0.130. The number of amides is 1. The van der Waals surface area contributed by atoms with Crippen molar-refractivity contribution in [3.63, 3.8) is 0 Å². The van der Waals surface area contributed by atoms with E-state index >= 15 is 0 Å². The van der Waals surface area contributed by atoms with Gasteiger partial charge in [-0.15, -0.1) is 11.3 Å². The number of likely N-dealkylation sites (N-methyl/N-ethyl adjacent to an activating group) is 2. The summed E-state index contributed by atoms with van der Waals surface area (Å²) >= 11 is 1.76. The molecule has 1 amide bonds. The number of carbonyl (C=O) groups excluding carboxylic acids is 1. The maximum atomic E-state index is 12.6. The summed E-state index contributed by atoms with van der Waals surface area (Å²) in [5.74, 6) is 0.815. The minimum atomic E-state index is 0.0733. The van der Waals surface area contributed by atoms with Crippen LogP contribution < -0.4 is 5.32 Å². The lowest BCUT2D eigenvalue weighted by Crippen LogP contribution is -2.45. The van der Waals surface area contributed by atoms with Crippen LogP contribution in [0.5, 0.6) is 0 Å². The first kappa shape index (κ1) is 20.0. The highest BCUT2D eigenvalue weighted by Crippen LogP contribution is 2.09. The van der Waals surface area contributed by atoms with Gasteiger partial charge in [0, 0.05) is 38.6 Å². The van der Waals surface area contributed by atoms with E-state index in [9.17, 15) is 4.79 Å². The number of hydrogen-bond acceptors (Lipinski definition) is 3. The highest BCUT2D eigenvalue weighted by Gasteiger charge is 2.14. The molecule has 1 heterocycles. The first-order valence-electron chi connectivity index (χ1n) is 8.90. The van der Waals surface area contributed by atoms with Gasteiger partial charge in [0.05, 0.1) is 6.54 Å². The van der Waals surface area contributed by atoms with Crippen LogP contribution in [0, 0.1) is 0 Å². The molecule has 0 bridgehead atoms. The van der Waals surface area contributed by atoms with Gasteiger partial charge in [-0.3, -0.25) is 9.79 Å². The maximum Gasteiger partial charge on any atom is 0.242 e. The Morgan fingerprint density at radius 3 is 2.58 bits per heavy atom. The highest BCUT2D eigenvalue weighted by molar-refractivity contribution is 7.09. The Labute approximate surface area is 160 Å². The van der Waals surface area contributed by atoms with E-state index in [-0.39, 0.29) is 12.5 Å². The van der Waals surface area contributed by atoms with Crippen LogP contribution >= 0.6 is 11.3 Å². The Kier molecular flexibility index (Phi) is 8.15. The first-order valence-corrected chi connectivity index (χ1v) is 9.77. The molecule has 2 aromatic rings. The van der Waals surface area contributed by atoms with Crippen LogP contribution in [0.3, 0.4) is 0 Å². The van der Waals surface area contributed by atoms with E-state index in [0.717, 1.165) is 24.5 Å².